The molecule has 1 amide bonds. The number of likely N-dealkylation sites (N-methyl/N-ethyl adjacent to an activating group) is 1. The van der Waals surface area contributed by atoms with E-state index in [1.807, 2.05) is 26.1 Å². The number of carbonyl (C=O) groups is 1. The Morgan fingerprint density at radius 1 is 1.50 bits per heavy atom. The molecular formula is C12H19N3O. The van der Waals surface area contributed by atoms with Crippen LogP contribution in [-0.2, 0) is 11.2 Å². The average molecular weight is 221 g/mol. The smallest absolute Gasteiger partial charge is 0.223 e. The van der Waals surface area contributed by atoms with E-state index >= 15 is 0 Å². The number of aromatic nitrogens is 1. The first kappa shape index (κ1) is 12.6. The molecule has 4 nitrogen and oxygen atoms in total. The van der Waals surface area contributed by atoms with Crippen molar-refractivity contribution in [3.8, 4) is 0 Å². The Balaban J connectivity index is 2.35. The third-order valence-corrected chi connectivity index (χ3v) is 2.41. The summed E-state index contributed by atoms with van der Waals surface area (Å²) in [5.74, 6) is 0.101. The van der Waals surface area contributed by atoms with Gasteiger partial charge in [-0.2, -0.15) is 0 Å². The van der Waals surface area contributed by atoms with Gasteiger partial charge in [0, 0.05) is 38.4 Å². The largest absolute Gasteiger partial charge is 0.345 e. The summed E-state index contributed by atoms with van der Waals surface area (Å²) in [5, 5.41) is 0. The number of hydrogen-bond donors (Lipinski definition) is 1. The fourth-order valence-corrected chi connectivity index (χ4v) is 1.40. The van der Waals surface area contributed by atoms with Crippen LogP contribution in [0.1, 0.15) is 18.9 Å². The Hall–Kier alpha value is -1.42. The summed E-state index contributed by atoms with van der Waals surface area (Å²) in [6, 6.07) is 3.85. The van der Waals surface area contributed by atoms with Crippen LogP contribution < -0.4 is 5.73 Å². The van der Waals surface area contributed by atoms with Crippen molar-refractivity contribution >= 4 is 5.91 Å². The van der Waals surface area contributed by atoms with Gasteiger partial charge in [-0.15, -0.1) is 0 Å². The quantitative estimate of drug-likeness (QED) is 0.800. The van der Waals surface area contributed by atoms with Crippen LogP contribution in [0.3, 0.4) is 0 Å². The minimum atomic E-state index is -0.0733. The highest BCUT2D eigenvalue weighted by Gasteiger charge is 2.10. The number of hydrogen-bond acceptors (Lipinski definition) is 3. The van der Waals surface area contributed by atoms with Crippen molar-refractivity contribution in [2.75, 3.05) is 13.6 Å². The zero-order valence-electron chi connectivity index (χ0n) is 9.89. The third kappa shape index (κ3) is 4.40. The van der Waals surface area contributed by atoms with Gasteiger partial charge in [-0.25, -0.2) is 0 Å². The van der Waals surface area contributed by atoms with Gasteiger partial charge in [0.25, 0.3) is 0 Å². The van der Waals surface area contributed by atoms with E-state index in [9.17, 15) is 4.79 Å². The monoisotopic (exact) mass is 221 g/mol. The molecule has 2 N–H and O–H groups in total. The molecular weight excluding hydrogens is 202 g/mol. The van der Waals surface area contributed by atoms with Gasteiger partial charge in [-0.05, 0) is 31.0 Å². The van der Waals surface area contributed by atoms with Crippen molar-refractivity contribution in [3.05, 3.63) is 30.1 Å². The first-order valence-corrected chi connectivity index (χ1v) is 5.48. The molecule has 88 valence electrons. The Morgan fingerprint density at radius 3 is 2.69 bits per heavy atom. The van der Waals surface area contributed by atoms with Gasteiger partial charge in [0.15, 0.2) is 0 Å². The van der Waals surface area contributed by atoms with E-state index in [1.165, 1.54) is 5.56 Å². The fraction of sp³-hybridized carbons (Fsp3) is 0.500. The van der Waals surface area contributed by atoms with E-state index in [2.05, 4.69) is 4.98 Å². The molecule has 1 aromatic heterocycles. The Morgan fingerprint density at radius 2 is 2.12 bits per heavy atom. The molecule has 1 rings (SSSR count). The fourth-order valence-electron chi connectivity index (χ4n) is 1.40. The van der Waals surface area contributed by atoms with Gasteiger partial charge in [0.05, 0.1) is 0 Å². The summed E-state index contributed by atoms with van der Waals surface area (Å²) in [6.07, 6.45) is 4.79. The van der Waals surface area contributed by atoms with Crippen LogP contribution in [0.15, 0.2) is 24.5 Å². The van der Waals surface area contributed by atoms with Crippen LogP contribution in [0, 0.1) is 0 Å². The molecule has 0 aromatic carbocycles. The Kier molecular flexibility index (Phi) is 4.92. The first-order chi connectivity index (χ1) is 7.59. The molecule has 1 aromatic rings. The average Bonchev–Trinajstić information content (AvgIpc) is 2.26. The highest BCUT2D eigenvalue weighted by atomic mass is 16.2. The normalized spacial score (nSPS) is 12.2. The van der Waals surface area contributed by atoms with E-state index < -0.39 is 0 Å². The van der Waals surface area contributed by atoms with Crippen LogP contribution in [0.4, 0.5) is 0 Å². The SMILES string of the molecule is CC(N)CC(=O)N(C)CCc1ccncc1. The summed E-state index contributed by atoms with van der Waals surface area (Å²) < 4.78 is 0. The molecule has 1 unspecified atom stereocenters. The molecule has 0 spiro atoms. The maximum Gasteiger partial charge on any atom is 0.223 e. The van der Waals surface area contributed by atoms with E-state index in [1.54, 1.807) is 17.3 Å². The van der Waals surface area contributed by atoms with Gasteiger partial charge in [0.2, 0.25) is 5.91 Å². The number of amides is 1. The van der Waals surface area contributed by atoms with Crippen LogP contribution in [0.5, 0.6) is 0 Å². The molecule has 0 aliphatic rings. The number of nitrogens with two attached hydrogens (primary N) is 1. The predicted octanol–water partition coefficient (Wildman–Crippen LogP) is 0.820. The van der Waals surface area contributed by atoms with Crippen molar-refractivity contribution in [2.24, 2.45) is 5.73 Å². The summed E-state index contributed by atoms with van der Waals surface area (Å²) in [7, 11) is 1.81. The maximum absolute atomic E-state index is 11.6. The molecule has 0 bridgehead atoms. The second-order valence-corrected chi connectivity index (χ2v) is 4.10. The molecule has 16 heavy (non-hydrogen) atoms. The minimum absolute atomic E-state index is 0.0733. The van der Waals surface area contributed by atoms with Crippen LogP contribution in [0.25, 0.3) is 0 Å². The zero-order chi connectivity index (χ0) is 12.0. The highest BCUT2D eigenvalue weighted by Crippen LogP contribution is 2.00. The maximum atomic E-state index is 11.6. The van der Waals surface area contributed by atoms with Crippen LogP contribution in [-0.4, -0.2) is 35.4 Å². The Labute approximate surface area is 96.5 Å². The highest BCUT2D eigenvalue weighted by molar-refractivity contribution is 5.76. The zero-order valence-corrected chi connectivity index (χ0v) is 9.89. The standard InChI is InChI=1S/C12H19N3O/c1-10(13)9-12(16)15(2)8-5-11-3-6-14-7-4-11/h3-4,6-7,10H,5,8-9,13H2,1-2H3. The molecule has 4 heteroatoms. The van der Waals surface area contributed by atoms with Crippen molar-refractivity contribution in [1.82, 2.24) is 9.88 Å². The van der Waals surface area contributed by atoms with Crippen molar-refractivity contribution < 1.29 is 4.79 Å². The van der Waals surface area contributed by atoms with Gasteiger partial charge < -0.3 is 10.6 Å². The van der Waals surface area contributed by atoms with Crippen molar-refractivity contribution in [1.29, 1.82) is 0 Å². The van der Waals surface area contributed by atoms with Gasteiger partial charge in [0.1, 0.15) is 0 Å². The summed E-state index contributed by atoms with van der Waals surface area (Å²) in [6.45, 7) is 2.56. The van der Waals surface area contributed by atoms with Crippen LogP contribution >= 0.6 is 0 Å². The van der Waals surface area contributed by atoms with Crippen molar-refractivity contribution in [3.63, 3.8) is 0 Å². The summed E-state index contributed by atoms with van der Waals surface area (Å²) in [4.78, 5) is 17.3. The number of pyridine rings is 1. The van der Waals surface area contributed by atoms with Crippen molar-refractivity contribution in [2.45, 2.75) is 25.8 Å². The number of carbonyl (C=O) groups excluding carboxylic acids is 1. The lowest BCUT2D eigenvalue weighted by Gasteiger charge is -2.18. The Bertz CT molecular complexity index is 324. The van der Waals surface area contributed by atoms with Gasteiger partial charge >= 0.3 is 0 Å². The molecule has 1 heterocycles. The number of nitrogens with zero attached hydrogens (tertiary/aromatic N) is 2. The van der Waals surface area contributed by atoms with E-state index in [4.69, 9.17) is 5.73 Å². The van der Waals surface area contributed by atoms with Gasteiger partial charge in [-0.3, -0.25) is 9.78 Å². The number of rotatable bonds is 5. The predicted molar refractivity (Wildman–Crippen MR) is 63.8 cm³/mol. The molecule has 0 fully saturated rings. The summed E-state index contributed by atoms with van der Waals surface area (Å²) in [5.41, 5.74) is 6.77. The third-order valence-electron chi connectivity index (χ3n) is 2.41. The second kappa shape index (κ2) is 6.23. The topological polar surface area (TPSA) is 59.2 Å². The molecule has 0 saturated carbocycles. The molecule has 1 atom stereocenters. The van der Waals surface area contributed by atoms with E-state index in [0.29, 0.717) is 6.42 Å². The van der Waals surface area contributed by atoms with E-state index in [-0.39, 0.29) is 11.9 Å². The first-order valence-electron chi connectivity index (χ1n) is 5.48. The lowest BCUT2D eigenvalue weighted by Crippen LogP contribution is -2.33. The molecule has 0 radical (unpaired) electrons. The lowest BCUT2D eigenvalue weighted by molar-refractivity contribution is -0.130. The molecule has 0 saturated heterocycles. The van der Waals surface area contributed by atoms with E-state index in [0.717, 1.165) is 13.0 Å². The lowest BCUT2D eigenvalue weighted by atomic mass is 10.2. The minimum Gasteiger partial charge on any atom is -0.345 e. The van der Waals surface area contributed by atoms with Gasteiger partial charge in [-0.1, -0.05) is 0 Å². The molecule has 0 aliphatic heterocycles. The summed E-state index contributed by atoms with van der Waals surface area (Å²) >= 11 is 0. The van der Waals surface area contributed by atoms with Crippen LogP contribution in [0.2, 0.25) is 0 Å². The molecule has 0 aliphatic carbocycles. The second-order valence-electron chi connectivity index (χ2n) is 4.10.